The highest BCUT2D eigenvalue weighted by atomic mass is 32.3. The maximum absolute atomic E-state index is 12.7. The molecule has 16 heavy (non-hydrogen) atoms. The van der Waals surface area contributed by atoms with Crippen molar-refractivity contribution in [3.05, 3.63) is 36.4 Å². The average Bonchev–Trinajstić information content (AvgIpc) is 2.15. The van der Waals surface area contributed by atoms with Gasteiger partial charge < -0.3 is 5.32 Å². The lowest BCUT2D eigenvalue weighted by Gasteiger charge is -2.05. The molecule has 0 saturated heterocycles. The summed E-state index contributed by atoms with van der Waals surface area (Å²) in [4.78, 5) is 10.6. The van der Waals surface area contributed by atoms with Crippen molar-refractivity contribution in [3.8, 4) is 0 Å². The van der Waals surface area contributed by atoms with Crippen LogP contribution in [0.25, 0.3) is 0 Å². The summed E-state index contributed by atoms with van der Waals surface area (Å²) in [6, 6.07) is 3.78. The van der Waals surface area contributed by atoms with Crippen molar-refractivity contribution >= 4 is 21.8 Å². The van der Waals surface area contributed by atoms with Crippen LogP contribution in [0.1, 0.15) is 5.56 Å². The van der Waals surface area contributed by atoms with Gasteiger partial charge in [-0.1, -0.05) is 6.58 Å². The SMILES string of the molecule is C=CC(=O)Nc1ccc(S(=O)(=O)F)c(C)c1. The van der Waals surface area contributed by atoms with Crippen LogP contribution < -0.4 is 5.32 Å². The zero-order valence-corrected chi connectivity index (χ0v) is 9.34. The van der Waals surface area contributed by atoms with E-state index < -0.39 is 21.0 Å². The molecular formula is C10H10FNO3S. The van der Waals surface area contributed by atoms with Crippen LogP contribution >= 0.6 is 0 Å². The van der Waals surface area contributed by atoms with Crippen LogP contribution in [-0.2, 0) is 15.0 Å². The van der Waals surface area contributed by atoms with Crippen molar-refractivity contribution in [3.63, 3.8) is 0 Å². The standard InChI is InChI=1S/C10H10FNO3S/c1-3-10(13)12-8-4-5-9(7(2)6-8)16(11,14)15/h3-6H,1H2,2H3,(H,12,13). The van der Waals surface area contributed by atoms with Gasteiger partial charge >= 0.3 is 10.2 Å². The third-order valence-electron chi connectivity index (χ3n) is 1.89. The third-order valence-corrected chi connectivity index (χ3v) is 2.87. The van der Waals surface area contributed by atoms with E-state index in [1.165, 1.54) is 19.1 Å². The van der Waals surface area contributed by atoms with Crippen LogP contribution in [0.5, 0.6) is 0 Å². The molecule has 0 unspecified atom stereocenters. The highest BCUT2D eigenvalue weighted by Gasteiger charge is 2.15. The molecule has 0 aliphatic rings. The second-order valence-electron chi connectivity index (χ2n) is 3.11. The molecule has 0 aliphatic carbocycles. The van der Waals surface area contributed by atoms with E-state index in [1.54, 1.807) is 0 Å². The van der Waals surface area contributed by atoms with Crippen molar-refractivity contribution in [1.29, 1.82) is 0 Å². The number of aryl methyl sites for hydroxylation is 1. The normalized spacial score (nSPS) is 10.9. The molecule has 4 nitrogen and oxygen atoms in total. The second-order valence-corrected chi connectivity index (χ2v) is 4.43. The van der Waals surface area contributed by atoms with E-state index in [4.69, 9.17) is 0 Å². The van der Waals surface area contributed by atoms with Crippen LogP contribution in [0, 0.1) is 6.92 Å². The number of halogens is 1. The molecule has 6 heteroatoms. The van der Waals surface area contributed by atoms with Gasteiger partial charge in [-0.15, -0.1) is 3.89 Å². The number of hydrogen-bond acceptors (Lipinski definition) is 3. The Morgan fingerprint density at radius 1 is 1.50 bits per heavy atom. The topological polar surface area (TPSA) is 63.2 Å². The van der Waals surface area contributed by atoms with Gasteiger partial charge in [-0.3, -0.25) is 4.79 Å². The van der Waals surface area contributed by atoms with Crippen LogP contribution in [0.4, 0.5) is 9.57 Å². The first-order chi connectivity index (χ1) is 7.34. The minimum absolute atomic E-state index is 0.226. The molecular weight excluding hydrogens is 233 g/mol. The zero-order chi connectivity index (χ0) is 12.3. The fourth-order valence-corrected chi connectivity index (χ4v) is 1.87. The van der Waals surface area contributed by atoms with Crippen LogP contribution in [0.3, 0.4) is 0 Å². The first kappa shape index (κ1) is 12.4. The van der Waals surface area contributed by atoms with Crippen LogP contribution in [0.2, 0.25) is 0 Å². The monoisotopic (exact) mass is 243 g/mol. The summed E-state index contributed by atoms with van der Waals surface area (Å²) in [6.07, 6.45) is 1.08. The third kappa shape index (κ3) is 2.90. The maximum Gasteiger partial charge on any atom is 0.332 e. The van der Waals surface area contributed by atoms with Gasteiger partial charge in [0, 0.05) is 5.69 Å². The van der Waals surface area contributed by atoms with Gasteiger partial charge in [0.05, 0.1) is 0 Å². The van der Waals surface area contributed by atoms with Crippen LogP contribution in [0.15, 0.2) is 35.7 Å². The Morgan fingerprint density at radius 3 is 2.56 bits per heavy atom. The van der Waals surface area contributed by atoms with Gasteiger partial charge in [-0.2, -0.15) is 8.42 Å². The maximum atomic E-state index is 12.7. The molecule has 86 valence electrons. The van der Waals surface area contributed by atoms with E-state index in [2.05, 4.69) is 11.9 Å². The van der Waals surface area contributed by atoms with Gasteiger partial charge in [0.2, 0.25) is 5.91 Å². The molecule has 0 fully saturated rings. The summed E-state index contributed by atoms with van der Waals surface area (Å²) in [6.45, 7) is 4.71. The number of benzene rings is 1. The van der Waals surface area contributed by atoms with Crippen molar-refractivity contribution in [1.82, 2.24) is 0 Å². The Morgan fingerprint density at radius 2 is 2.12 bits per heavy atom. The number of anilines is 1. The quantitative estimate of drug-likeness (QED) is 0.650. The number of hydrogen-bond donors (Lipinski definition) is 1. The lowest BCUT2D eigenvalue weighted by Crippen LogP contribution is -2.08. The van der Waals surface area contributed by atoms with Crippen molar-refractivity contribution in [2.24, 2.45) is 0 Å². The molecule has 0 radical (unpaired) electrons. The molecule has 0 aliphatic heterocycles. The molecule has 1 rings (SSSR count). The van der Waals surface area contributed by atoms with Crippen LogP contribution in [-0.4, -0.2) is 14.3 Å². The number of carbonyl (C=O) groups excluding carboxylic acids is 1. The first-order valence-electron chi connectivity index (χ1n) is 4.33. The number of rotatable bonds is 3. The van der Waals surface area contributed by atoms with Gasteiger partial charge in [-0.05, 0) is 36.8 Å². The molecule has 0 bridgehead atoms. The minimum Gasteiger partial charge on any atom is -0.323 e. The van der Waals surface area contributed by atoms with Crippen molar-refractivity contribution in [2.45, 2.75) is 11.8 Å². The molecule has 0 atom stereocenters. The fraction of sp³-hybridized carbons (Fsp3) is 0.100. The Bertz CT molecular complexity index is 537. The summed E-state index contributed by atoms with van der Waals surface area (Å²) in [5.41, 5.74) is 0.610. The lowest BCUT2D eigenvalue weighted by molar-refractivity contribution is -0.111. The Balaban J connectivity index is 3.10. The lowest BCUT2D eigenvalue weighted by atomic mass is 10.2. The second kappa shape index (κ2) is 4.44. The summed E-state index contributed by atoms with van der Waals surface area (Å²) in [5, 5.41) is 2.44. The van der Waals surface area contributed by atoms with E-state index >= 15 is 0 Å². The highest BCUT2D eigenvalue weighted by molar-refractivity contribution is 7.86. The van der Waals surface area contributed by atoms with E-state index in [9.17, 15) is 17.1 Å². The summed E-state index contributed by atoms with van der Waals surface area (Å²) in [5.74, 6) is -0.421. The van der Waals surface area contributed by atoms with Gasteiger partial charge in [0.15, 0.2) is 0 Å². The number of nitrogens with one attached hydrogen (secondary N) is 1. The fourth-order valence-electron chi connectivity index (χ4n) is 1.19. The largest absolute Gasteiger partial charge is 0.332 e. The first-order valence-corrected chi connectivity index (χ1v) is 5.71. The summed E-state index contributed by atoms with van der Waals surface area (Å²) < 4.78 is 34.1. The van der Waals surface area contributed by atoms with Gasteiger partial charge in [-0.25, -0.2) is 0 Å². The number of amides is 1. The van der Waals surface area contributed by atoms with Gasteiger partial charge in [0.25, 0.3) is 0 Å². The Kier molecular flexibility index (Phi) is 3.44. The minimum atomic E-state index is -4.72. The van der Waals surface area contributed by atoms with Gasteiger partial charge in [0.1, 0.15) is 4.90 Å². The Labute approximate surface area is 93.0 Å². The average molecular weight is 243 g/mol. The molecule has 0 saturated carbocycles. The predicted molar refractivity (Wildman–Crippen MR) is 58.3 cm³/mol. The summed E-state index contributed by atoms with van der Waals surface area (Å²) >= 11 is 0. The molecule has 1 aromatic carbocycles. The molecule has 0 spiro atoms. The molecule has 0 aromatic heterocycles. The molecule has 1 aromatic rings. The van der Waals surface area contributed by atoms with Crippen molar-refractivity contribution < 1.29 is 17.1 Å². The van der Waals surface area contributed by atoms with Crippen molar-refractivity contribution in [2.75, 3.05) is 5.32 Å². The Hall–Kier alpha value is -1.69. The smallest absolute Gasteiger partial charge is 0.323 e. The van der Waals surface area contributed by atoms with E-state index in [1.807, 2.05) is 0 Å². The van der Waals surface area contributed by atoms with E-state index in [-0.39, 0.29) is 5.56 Å². The van der Waals surface area contributed by atoms with E-state index in [0.29, 0.717) is 5.69 Å². The predicted octanol–water partition coefficient (Wildman–Crippen LogP) is 1.78. The zero-order valence-electron chi connectivity index (χ0n) is 8.53. The number of carbonyl (C=O) groups is 1. The molecule has 0 heterocycles. The molecule has 1 N–H and O–H groups in total. The highest BCUT2D eigenvalue weighted by Crippen LogP contribution is 2.21. The summed E-state index contributed by atoms with van der Waals surface area (Å²) in [7, 11) is -4.72. The molecule has 1 amide bonds. The van der Waals surface area contributed by atoms with E-state index in [0.717, 1.165) is 12.1 Å².